The third kappa shape index (κ3) is 4.07. The minimum Gasteiger partial charge on any atom is -0.444 e. The van der Waals surface area contributed by atoms with Gasteiger partial charge in [0.25, 0.3) is 11.8 Å². The van der Waals surface area contributed by atoms with Crippen molar-refractivity contribution in [3.63, 3.8) is 0 Å². The van der Waals surface area contributed by atoms with E-state index < -0.39 is 11.8 Å². The van der Waals surface area contributed by atoms with Crippen LogP contribution in [0, 0.1) is 11.3 Å². The summed E-state index contributed by atoms with van der Waals surface area (Å²) in [7, 11) is 0. The molecule has 0 spiro atoms. The summed E-state index contributed by atoms with van der Waals surface area (Å²) in [6.07, 6.45) is 5.15. The van der Waals surface area contributed by atoms with Crippen molar-refractivity contribution in [1.29, 1.82) is 5.26 Å². The molecule has 0 bridgehead atoms. The largest absolute Gasteiger partial charge is 0.444 e. The Morgan fingerprint density at radius 2 is 1.83 bits per heavy atom. The number of carbonyl (C=O) groups excluding carboxylic acids is 2. The van der Waals surface area contributed by atoms with E-state index in [2.05, 4.69) is 31.6 Å². The van der Waals surface area contributed by atoms with E-state index in [1.165, 1.54) is 12.5 Å². The molecule has 30 heavy (non-hydrogen) atoms. The summed E-state index contributed by atoms with van der Waals surface area (Å²) >= 11 is 3.17. The van der Waals surface area contributed by atoms with Gasteiger partial charge in [-0.2, -0.15) is 5.26 Å². The van der Waals surface area contributed by atoms with Gasteiger partial charge in [0.1, 0.15) is 17.5 Å². The van der Waals surface area contributed by atoms with Crippen molar-refractivity contribution >= 4 is 39.3 Å². The van der Waals surface area contributed by atoms with Crippen LogP contribution in [0.2, 0.25) is 0 Å². The molecule has 8 heteroatoms. The summed E-state index contributed by atoms with van der Waals surface area (Å²) in [5.41, 5.74) is 1.48. The van der Waals surface area contributed by atoms with Crippen molar-refractivity contribution in [2.75, 3.05) is 0 Å². The molecule has 2 N–H and O–H groups in total. The van der Waals surface area contributed by atoms with Crippen LogP contribution in [-0.2, 0) is 4.79 Å². The molecule has 0 radical (unpaired) electrons. The molecule has 1 aromatic heterocycles. The van der Waals surface area contributed by atoms with Crippen LogP contribution in [0.25, 0.3) is 5.70 Å². The highest BCUT2D eigenvalue weighted by Gasteiger charge is 2.28. The quantitative estimate of drug-likeness (QED) is 0.527. The smallest absolute Gasteiger partial charge is 0.292 e. The lowest BCUT2D eigenvalue weighted by atomic mass is 9.95. The molecule has 1 fully saturated rings. The van der Waals surface area contributed by atoms with Crippen LogP contribution < -0.4 is 10.6 Å². The molecule has 152 valence electrons. The van der Waals surface area contributed by atoms with E-state index in [-0.39, 0.29) is 28.9 Å². The van der Waals surface area contributed by atoms with Gasteiger partial charge >= 0.3 is 0 Å². The molecule has 1 aromatic carbocycles. The third-order valence-electron chi connectivity index (χ3n) is 5.21. The molecule has 1 aliphatic carbocycles. The first-order chi connectivity index (χ1) is 14.6. The van der Waals surface area contributed by atoms with Gasteiger partial charge in [-0.05, 0) is 40.9 Å². The summed E-state index contributed by atoms with van der Waals surface area (Å²) < 4.78 is 5.72. The van der Waals surface area contributed by atoms with Gasteiger partial charge in [0.2, 0.25) is 0 Å². The number of nitriles is 1. The van der Waals surface area contributed by atoms with Crippen molar-refractivity contribution < 1.29 is 14.0 Å². The number of nitrogens with one attached hydrogen (secondary N) is 2. The SMILES string of the molecule is N#CC(C(=O)NC1CCCCC1)=C1N=C(NC(=O)c2ccc(Br)o2)c2ccccc21. The highest BCUT2D eigenvalue weighted by atomic mass is 79.9. The predicted octanol–water partition coefficient (Wildman–Crippen LogP) is 3.92. The van der Waals surface area contributed by atoms with Crippen LogP contribution in [0.4, 0.5) is 0 Å². The van der Waals surface area contributed by atoms with Crippen molar-refractivity contribution in [2.24, 2.45) is 4.99 Å². The lowest BCUT2D eigenvalue weighted by molar-refractivity contribution is -0.117. The second kappa shape index (κ2) is 8.67. The normalized spacial score (nSPS) is 17.5. The molecule has 2 aliphatic rings. The number of fused-ring (bicyclic) bond motifs is 1. The van der Waals surface area contributed by atoms with Crippen molar-refractivity contribution in [3.05, 3.63) is 63.5 Å². The molecule has 1 aliphatic heterocycles. The number of aliphatic imine (C=N–C) groups is 1. The lowest BCUT2D eigenvalue weighted by Crippen LogP contribution is -2.37. The first-order valence-corrected chi connectivity index (χ1v) is 10.6. The fraction of sp³-hybridized carbons (Fsp3) is 0.273. The Bertz CT molecular complexity index is 1100. The summed E-state index contributed by atoms with van der Waals surface area (Å²) in [6, 6.07) is 12.4. The number of halogens is 1. The molecular weight excluding hydrogens is 448 g/mol. The third-order valence-corrected chi connectivity index (χ3v) is 5.63. The minimum atomic E-state index is -0.472. The molecule has 2 aromatic rings. The van der Waals surface area contributed by atoms with E-state index >= 15 is 0 Å². The maximum atomic E-state index is 12.8. The second-order valence-electron chi connectivity index (χ2n) is 7.21. The molecule has 2 amide bonds. The van der Waals surface area contributed by atoms with Gasteiger partial charge in [-0.15, -0.1) is 0 Å². The molecule has 0 atom stereocenters. The number of hydrogen-bond donors (Lipinski definition) is 2. The zero-order valence-electron chi connectivity index (χ0n) is 16.1. The molecule has 1 saturated carbocycles. The summed E-state index contributed by atoms with van der Waals surface area (Å²) in [5, 5.41) is 15.4. The summed E-state index contributed by atoms with van der Waals surface area (Å²) in [4.78, 5) is 29.8. The Labute approximate surface area is 182 Å². The Hall–Kier alpha value is -3.18. The maximum absolute atomic E-state index is 12.8. The zero-order chi connectivity index (χ0) is 21.1. The van der Waals surface area contributed by atoms with Gasteiger partial charge in [0.05, 0.1) is 5.70 Å². The van der Waals surface area contributed by atoms with E-state index in [4.69, 9.17) is 4.42 Å². The van der Waals surface area contributed by atoms with Crippen LogP contribution in [0.3, 0.4) is 0 Å². The number of benzene rings is 1. The van der Waals surface area contributed by atoms with Crippen molar-refractivity contribution in [2.45, 2.75) is 38.1 Å². The summed E-state index contributed by atoms with van der Waals surface area (Å²) in [5.74, 6) is -0.507. The highest BCUT2D eigenvalue weighted by molar-refractivity contribution is 9.10. The van der Waals surface area contributed by atoms with E-state index in [0.717, 1.165) is 25.7 Å². The van der Waals surface area contributed by atoms with Crippen LogP contribution >= 0.6 is 15.9 Å². The van der Waals surface area contributed by atoms with E-state index in [1.54, 1.807) is 30.3 Å². The number of hydrogen-bond acceptors (Lipinski definition) is 5. The average Bonchev–Trinajstić information content (AvgIpc) is 3.34. The topological polar surface area (TPSA) is 107 Å². The number of amidine groups is 1. The number of carbonyl (C=O) groups is 2. The monoisotopic (exact) mass is 466 g/mol. The van der Waals surface area contributed by atoms with E-state index in [1.807, 2.05) is 6.07 Å². The Kier molecular flexibility index (Phi) is 5.81. The zero-order valence-corrected chi connectivity index (χ0v) is 17.7. The number of amides is 2. The maximum Gasteiger partial charge on any atom is 0.292 e. The fourth-order valence-electron chi connectivity index (χ4n) is 3.74. The van der Waals surface area contributed by atoms with Crippen molar-refractivity contribution in [1.82, 2.24) is 10.6 Å². The fourth-order valence-corrected chi connectivity index (χ4v) is 4.04. The van der Waals surface area contributed by atoms with Crippen LogP contribution in [0.15, 0.2) is 56.1 Å². The molecule has 2 heterocycles. The molecule has 0 saturated heterocycles. The number of nitrogens with zero attached hydrogens (tertiary/aromatic N) is 2. The van der Waals surface area contributed by atoms with E-state index in [0.29, 0.717) is 15.8 Å². The Morgan fingerprint density at radius 3 is 2.50 bits per heavy atom. The minimum absolute atomic E-state index is 0.0574. The van der Waals surface area contributed by atoms with Gasteiger partial charge < -0.3 is 15.1 Å². The molecular formula is C22H19BrN4O3. The summed E-state index contributed by atoms with van der Waals surface area (Å²) in [6.45, 7) is 0. The Balaban J connectivity index is 1.65. The van der Waals surface area contributed by atoms with E-state index in [9.17, 15) is 14.9 Å². The molecule has 4 rings (SSSR count). The number of rotatable bonds is 3. The highest BCUT2D eigenvalue weighted by Crippen LogP contribution is 2.31. The first kappa shape index (κ1) is 20.1. The van der Waals surface area contributed by atoms with Gasteiger partial charge in [-0.25, -0.2) is 4.99 Å². The van der Waals surface area contributed by atoms with Gasteiger partial charge in [0.15, 0.2) is 10.4 Å². The van der Waals surface area contributed by atoms with Crippen LogP contribution in [-0.4, -0.2) is 23.7 Å². The van der Waals surface area contributed by atoms with Gasteiger partial charge in [-0.1, -0.05) is 43.5 Å². The van der Waals surface area contributed by atoms with Crippen LogP contribution in [0.5, 0.6) is 0 Å². The van der Waals surface area contributed by atoms with Crippen LogP contribution in [0.1, 0.15) is 53.8 Å². The van der Waals surface area contributed by atoms with Crippen molar-refractivity contribution in [3.8, 4) is 6.07 Å². The predicted molar refractivity (Wildman–Crippen MR) is 114 cm³/mol. The molecule has 7 nitrogen and oxygen atoms in total. The Morgan fingerprint density at radius 1 is 1.10 bits per heavy atom. The standard InChI is InChI=1S/C22H19BrN4O3/c23-18-11-10-17(30-18)22(29)27-20-15-9-5-4-8-14(15)19(26-20)16(12-24)21(28)25-13-6-2-1-3-7-13/h4-5,8-11,13H,1-3,6-7H2,(H,25,28)(H,26,27,29). The molecule has 0 unspecified atom stereocenters. The lowest BCUT2D eigenvalue weighted by Gasteiger charge is -2.22. The van der Waals surface area contributed by atoms with Gasteiger partial charge in [-0.3, -0.25) is 9.59 Å². The average molecular weight is 467 g/mol. The number of furan rings is 1. The van der Waals surface area contributed by atoms with Gasteiger partial charge in [0, 0.05) is 17.2 Å². The first-order valence-electron chi connectivity index (χ1n) is 9.77. The second-order valence-corrected chi connectivity index (χ2v) is 7.99.